The van der Waals surface area contributed by atoms with Crippen molar-refractivity contribution in [2.75, 3.05) is 45.8 Å². The number of hydrogen-bond acceptors (Lipinski definition) is 4. The van der Waals surface area contributed by atoms with Gasteiger partial charge in [-0.3, -0.25) is 14.5 Å². The van der Waals surface area contributed by atoms with Gasteiger partial charge in [0.05, 0.1) is 0 Å². The molecule has 0 aliphatic carbocycles. The van der Waals surface area contributed by atoms with E-state index in [1.54, 1.807) is 6.92 Å². The van der Waals surface area contributed by atoms with Crippen molar-refractivity contribution < 1.29 is 19.5 Å². The second kappa shape index (κ2) is 11.1. The molecule has 2 atom stereocenters. The molecule has 0 spiro atoms. The SMILES string of the molecule is CC(=O)N1CCN(CCC2CN(C(=O)NCc3ccccc3)CCC2CC(=O)O)CC1. The summed E-state index contributed by atoms with van der Waals surface area (Å²) in [7, 11) is 0. The van der Waals surface area contributed by atoms with Crippen LogP contribution in [0.3, 0.4) is 0 Å². The number of benzene rings is 1. The Balaban J connectivity index is 1.51. The third kappa shape index (κ3) is 6.95. The first-order chi connectivity index (χ1) is 14.9. The molecule has 1 aromatic carbocycles. The molecule has 2 aliphatic rings. The van der Waals surface area contributed by atoms with Crippen LogP contribution in [0, 0.1) is 11.8 Å². The highest BCUT2D eigenvalue weighted by atomic mass is 16.4. The van der Waals surface area contributed by atoms with Crippen LogP contribution in [0.2, 0.25) is 0 Å². The molecule has 0 saturated carbocycles. The molecule has 1 aromatic rings. The molecule has 170 valence electrons. The maximum atomic E-state index is 12.7. The fourth-order valence-corrected chi connectivity index (χ4v) is 4.61. The number of likely N-dealkylation sites (tertiary alicyclic amines) is 1. The minimum Gasteiger partial charge on any atom is -0.481 e. The van der Waals surface area contributed by atoms with E-state index in [9.17, 15) is 19.5 Å². The molecular weight excluding hydrogens is 396 g/mol. The van der Waals surface area contributed by atoms with Crippen molar-refractivity contribution in [2.45, 2.75) is 32.7 Å². The van der Waals surface area contributed by atoms with E-state index in [0.29, 0.717) is 26.1 Å². The average molecular weight is 431 g/mol. The van der Waals surface area contributed by atoms with Gasteiger partial charge >= 0.3 is 12.0 Å². The normalized spacial score (nSPS) is 22.2. The first-order valence-electron chi connectivity index (χ1n) is 11.2. The molecule has 8 heteroatoms. The number of nitrogens with zero attached hydrogens (tertiary/aromatic N) is 3. The number of hydrogen-bond donors (Lipinski definition) is 2. The average Bonchev–Trinajstić information content (AvgIpc) is 2.77. The molecule has 3 amide bonds. The number of amides is 3. The number of rotatable bonds is 7. The predicted octanol–water partition coefficient (Wildman–Crippen LogP) is 1.86. The van der Waals surface area contributed by atoms with Crippen LogP contribution in [0.1, 0.15) is 31.7 Å². The van der Waals surface area contributed by atoms with E-state index in [0.717, 1.165) is 44.7 Å². The molecule has 8 nitrogen and oxygen atoms in total. The number of piperidine rings is 1. The molecule has 2 N–H and O–H groups in total. The smallest absolute Gasteiger partial charge is 0.317 e. The third-order valence-corrected chi connectivity index (χ3v) is 6.54. The third-order valence-electron chi connectivity index (χ3n) is 6.54. The minimum atomic E-state index is -0.771. The quantitative estimate of drug-likeness (QED) is 0.689. The van der Waals surface area contributed by atoms with Crippen molar-refractivity contribution >= 4 is 17.9 Å². The Kier molecular flexibility index (Phi) is 8.28. The van der Waals surface area contributed by atoms with Crippen LogP contribution in [0.5, 0.6) is 0 Å². The van der Waals surface area contributed by atoms with Crippen molar-refractivity contribution in [3.63, 3.8) is 0 Å². The van der Waals surface area contributed by atoms with Crippen LogP contribution < -0.4 is 5.32 Å². The standard InChI is InChI=1S/C23H34N4O4/c1-18(28)26-13-11-25(12-14-26)9-7-21-17-27(10-8-20(21)15-22(29)30)23(31)24-16-19-5-3-2-4-6-19/h2-6,20-21H,7-17H2,1H3,(H,24,31)(H,29,30). The lowest BCUT2D eigenvalue weighted by Crippen LogP contribution is -2.50. The van der Waals surface area contributed by atoms with Crippen LogP contribution in [-0.2, 0) is 16.1 Å². The van der Waals surface area contributed by atoms with Crippen LogP contribution in [0.25, 0.3) is 0 Å². The molecular formula is C23H34N4O4. The molecule has 3 rings (SSSR count). The van der Waals surface area contributed by atoms with Crippen molar-refractivity contribution in [3.05, 3.63) is 35.9 Å². The Morgan fingerprint density at radius 2 is 1.71 bits per heavy atom. The lowest BCUT2D eigenvalue weighted by atomic mass is 9.81. The summed E-state index contributed by atoms with van der Waals surface area (Å²) in [6.07, 6.45) is 1.73. The van der Waals surface area contributed by atoms with Crippen molar-refractivity contribution in [2.24, 2.45) is 11.8 Å². The van der Waals surface area contributed by atoms with E-state index >= 15 is 0 Å². The maximum absolute atomic E-state index is 12.7. The van der Waals surface area contributed by atoms with Gasteiger partial charge < -0.3 is 20.2 Å². The maximum Gasteiger partial charge on any atom is 0.317 e. The lowest BCUT2D eigenvalue weighted by molar-refractivity contribution is -0.139. The Morgan fingerprint density at radius 3 is 2.35 bits per heavy atom. The van der Waals surface area contributed by atoms with Crippen LogP contribution >= 0.6 is 0 Å². The molecule has 2 heterocycles. The summed E-state index contributed by atoms with van der Waals surface area (Å²) in [5, 5.41) is 12.3. The first-order valence-corrected chi connectivity index (χ1v) is 11.2. The predicted molar refractivity (Wildman–Crippen MR) is 117 cm³/mol. The molecule has 0 radical (unpaired) electrons. The fourth-order valence-electron chi connectivity index (χ4n) is 4.61. The number of carbonyl (C=O) groups excluding carboxylic acids is 2. The zero-order valence-electron chi connectivity index (χ0n) is 18.3. The van der Waals surface area contributed by atoms with Gasteiger partial charge in [0.2, 0.25) is 5.91 Å². The fraction of sp³-hybridized carbons (Fsp3) is 0.609. The molecule has 0 bridgehead atoms. The highest BCUT2D eigenvalue weighted by Crippen LogP contribution is 2.29. The van der Waals surface area contributed by atoms with E-state index in [2.05, 4.69) is 10.2 Å². The van der Waals surface area contributed by atoms with Gasteiger partial charge in [0.25, 0.3) is 0 Å². The van der Waals surface area contributed by atoms with Gasteiger partial charge in [0, 0.05) is 59.2 Å². The first kappa shape index (κ1) is 23.1. The molecule has 2 saturated heterocycles. The Bertz CT molecular complexity index is 749. The minimum absolute atomic E-state index is 0.0855. The number of aliphatic carboxylic acids is 1. The van der Waals surface area contributed by atoms with Gasteiger partial charge in [-0.05, 0) is 36.8 Å². The zero-order chi connectivity index (χ0) is 22.2. The van der Waals surface area contributed by atoms with Crippen molar-refractivity contribution in [3.8, 4) is 0 Å². The summed E-state index contributed by atoms with van der Waals surface area (Å²) < 4.78 is 0. The summed E-state index contributed by atoms with van der Waals surface area (Å²) in [6, 6.07) is 9.72. The van der Waals surface area contributed by atoms with Gasteiger partial charge in [-0.15, -0.1) is 0 Å². The number of urea groups is 1. The van der Waals surface area contributed by atoms with Crippen LogP contribution in [-0.4, -0.2) is 83.5 Å². The van der Waals surface area contributed by atoms with Gasteiger partial charge in [0.1, 0.15) is 0 Å². The van der Waals surface area contributed by atoms with Crippen LogP contribution in [0.15, 0.2) is 30.3 Å². The van der Waals surface area contributed by atoms with Crippen LogP contribution in [0.4, 0.5) is 4.79 Å². The Morgan fingerprint density at radius 1 is 1.00 bits per heavy atom. The summed E-state index contributed by atoms with van der Waals surface area (Å²) in [6.45, 7) is 7.31. The molecule has 31 heavy (non-hydrogen) atoms. The van der Waals surface area contributed by atoms with E-state index in [1.165, 1.54) is 0 Å². The summed E-state index contributed by atoms with van der Waals surface area (Å²) in [4.78, 5) is 41.6. The number of carboxylic acids is 1. The van der Waals surface area contributed by atoms with E-state index in [4.69, 9.17) is 0 Å². The second-order valence-corrected chi connectivity index (χ2v) is 8.63. The van der Waals surface area contributed by atoms with Gasteiger partial charge in [-0.1, -0.05) is 30.3 Å². The van der Waals surface area contributed by atoms with E-state index < -0.39 is 5.97 Å². The summed E-state index contributed by atoms with van der Waals surface area (Å²) >= 11 is 0. The van der Waals surface area contributed by atoms with E-state index in [1.807, 2.05) is 40.1 Å². The summed E-state index contributed by atoms with van der Waals surface area (Å²) in [5.74, 6) is -0.398. The number of piperazine rings is 1. The zero-order valence-corrected chi connectivity index (χ0v) is 18.3. The molecule has 2 fully saturated rings. The lowest BCUT2D eigenvalue weighted by Gasteiger charge is -2.40. The molecule has 0 aromatic heterocycles. The molecule has 2 unspecified atom stereocenters. The monoisotopic (exact) mass is 430 g/mol. The Hall–Kier alpha value is -2.61. The van der Waals surface area contributed by atoms with Gasteiger partial charge in [-0.2, -0.15) is 0 Å². The number of carboxylic acid groups (broad SMARTS) is 1. The molecule has 2 aliphatic heterocycles. The van der Waals surface area contributed by atoms with Crippen molar-refractivity contribution in [1.29, 1.82) is 0 Å². The van der Waals surface area contributed by atoms with E-state index in [-0.39, 0.29) is 30.2 Å². The number of nitrogens with one attached hydrogen (secondary N) is 1. The highest BCUT2D eigenvalue weighted by Gasteiger charge is 2.33. The Labute approximate surface area is 184 Å². The van der Waals surface area contributed by atoms with Crippen molar-refractivity contribution in [1.82, 2.24) is 20.0 Å². The van der Waals surface area contributed by atoms with Gasteiger partial charge in [-0.25, -0.2) is 4.79 Å². The summed E-state index contributed by atoms with van der Waals surface area (Å²) in [5.41, 5.74) is 1.05. The number of carbonyl (C=O) groups is 3. The highest BCUT2D eigenvalue weighted by molar-refractivity contribution is 5.74. The second-order valence-electron chi connectivity index (χ2n) is 8.63. The topological polar surface area (TPSA) is 93.2 Å². The van der Waals surface area contributed by atoms with Gasteiger partial charge in [0.15, 0.2) is 0 Å². The largest absolute Gasteiger partial charge is 0.481 e.